The molecule has 4 rings (SSSR count). The predicted octanol–water partition coefficient (Wildman–Crippen LogP) is 2.89. The van der Waals surface area contributed by atoms with Gasteiger partial charge in [-0.1, -0.05) is 6.07 Å². The molecule has 2 aromatic rings. The summed E-state index contributed by atoms with van der Waals surface area (Å²) in [6, 6.07) is 11.0. The van der Waals surface area contributed by atoms with Crippen molar-refractivity contribution < 1.29 is 14.3 Å². The fraction of sp³-hybridized carbons (Fsp3) is 0.429. The summed E-state index contributed by atoms with van der Waals surface area (Å²) in [6.45, 7) is 5.58. The van der Waals surface area contributed by atoms with Crippen molar-refractivity contribution in [3.63, 3.8) is 0 Å². The molecule has 6 nitrogen and oxygen atoms in total. The predicted molar refractivity (Wildman–Crippen MR) is 102 cm³/mol. The van der Waals surface area contributed by atoms with E-state index in [1.807, 2.05) is 42.2 Å². The first-order valence-electron chi connectivity index (χ1n) is 9.40. The average molecular weight is 367 g/mol. The Hall–Kier alpha value is -2.44. The van der Waals surface area contributed by atoms with Gasteiger partial charge in [0, 0.05) is 55.6 Å². The first-order valence-corrected chi connectivity index (χ1v) is 9.40. The maximum Gasteiger partial charge on any atom is 0.254 e. The number of ether oxygens (including phenoxy) is 2. The van der Waals surface area contributed by atoms with E-state index in [4.69, 9.17) is 15.2 Å². The van der Waals surface area contributed by atoms with E-state index in [0.29, 0.717) is 23.7 Å². The molecule has 0 saturated carbocycles. The summed E-state index contributed by atoms with van der Waals surface area (Å²) in [4.78, 5) is 19.1. The Balaban J connectivity index is 1.45. The van der Waals surface area contributed by atoms with Crippen LogP contribution in [0.2, 0.25) is 0 Å². The van der Waals surface area contributed by atoms with Crippen LogP contribution in [0.25, 0.3) is 0 Å². The Morgan fingerprint density at radius 3 is 2.78 bits per heavy atom. The van der Waals surface area contributed by atoms with E-state index in [2.05, 4.69) is 4.98 Å². The van der Waals surface area contributed by atoms with Crippen LogP contribution in [-0.4, -0.2) is 42.1 Å². The number of likely N-dealkylation sites (tertiary alicyclic amines) is 1. The number of amides is 1. The number of hydrogen-bond acceptors (Lipinski definition) is 5. The van der Waals surface area contributed by atoms with Gasteiger partial charge in [0.15, 0.2) is 0 Å². The molecule has 6 heteroatoms. The second-order valence-corrected chi connectivity index (χ2v) is 7.56. The number of pyridine rings is 1. The van der Waals surface area contributed by atoms with Gasteiger partial charge in [0.25, 0.3) is 5.91 Å². The van der Waals surface area contributed by atoms with Crippen molar-refractivity contribution in [3.8, 4) is 11.6 Å². The molecule has 1 amide bonds. The number of nitrogens with zero attached hydrogens (tertiary/aromatic N) is 2. The smallest absolute Gasteiger partial charge is 0.254 e. The molecule has 0 bridgehead atoms. The van der Waals surface area contributed by atoms with E-state index in [1.54, 1.807) is 6.07 Å². The van der Waals surface area contributed by atoms with Crippen molar-refractivity contribution in [3.05, 3.63) is 53.2 Å². The number of hydrogen-bond donors (Lipinski definition) is 1. The molecule has 2 fully saturated rings. The minimum Gasteiger partial charge on any atom is -0.439 e. The molecule has 2 N–H and O–H groups in total. The molecule has 0 aliphatic carbocycles. The van der Waals surface area contributed by atoms with E-state index in [0.717, 1.165) is 50.4 Å². The molecule has 2 aliphatic heterocycles. The topological polar surface area (TPSA) is 77.7 Å². The SMILES string of the molecule is Cc1cc(CN)cc(Oc2cccc(C(=O)N3CC4(CCOCC4)C3)c2)n1. The highest BCUT2D eigenvalue weighted by atomic mass is 16.5. The normalized spacial score (nSPS) is 18.2. The number of rotatable bonds is 4. The van der Waals surface area contributed by atoms with Crippen molar-refractivity contribution in [2.45, 2.75) is 26.3 Å². The van der Waals surface area contributed by atoms with E-state index in [9.17, 15) is 4.79 Å². The monoisotopic (exact) mass is 367 g/mol. The molecule has 142 valence electrons. The van der Waals surface area contributed by atoms with Gasteiger partial charge in [0.05, 0.1) is 0 Å². The number of nitrogens with two attached hydrogens (primary N) is 1. The summed E-state index contributed by atoms with van der Waals surface area (Å²) >= 11 is 0. The van der Waals surface area contributed by atoms with Gasteiger partial charge in [-0.25, -0.2) is 4.98 Å². The molecule has 27 heavy (non-hydrogen) atoms. The minimum atomic E-state index is 0.0532. The molecule has 1 aromatic heterocycles. The number of aromatic nitrogens is 1. The molecule has 2 saturated heterocycles. The summed E-state index contributed by atoms with van der Waals surface area (Å²) in [5.41, 5.74) is 8.44. The second kappa shape index (κ2) is 7.29. The Bertz CT molecular complexity index is 838. The fourth-order valence-electron chi connectivity index (χ4n) is 3.90. The van der Waals surface area contributed by atoms with Crippen molar-refractivity contribution >= 4 is 5.91 Å². The molecule has 0 unspecified atom stereocenters. The van der Waals surface area contributed by atoms with Gasteiger partial charge in [-0.05, 0) is 49.6 Å². The number of carbonyl (C=O) groups is 1. The summed E-state index contributed by atoms with van der Waals surface area (Å²) in [5.74, 6) is 1.14. The van der Waals surface area contributed by atoms with Crippen LogP contribution in [0.15, 0.2) is 36.4 Å². The molecular weight excluding hydrogens is 342 g/mol. The van der Waals surface area contributed by atoms with E-state index >= 15 is 0 Å². The lowest BCUT2D eigenvalue weighted by atomic mass is 9.73. The summed E-state index contributed by atoms with van der Waals surface area (Å²) < 4.78 is 11.3. The zero-order chi connectivity index (χ0) is 18.9. The molecule has 1 aromatic carbocycles. The largest absolute Gasteiger partial charge is 0.439 e. The highest BCUT2D eigenvalue weighted by Gasteiger charge is 2.45. The Kier molecular flexibility index (Phi) is 4.85. The quantitative estimate of drug-likeness (QED) is 0.899. The van der Waals surface area contributed by atoms with Crippen LogP contribution >= 0.6 is 0 Å². The van der Waals surface area contributed by atoms with Crippen LogP contribution in [0.5, 0.6) is 11.6 Å². The van der Waals surface area contributed by atoms with E-state index in [-0.39, 0.29) is 11.3 Å². The maximum atomic E-state index is 12.8. The van der Waals surface area contributed by atoms with Gasteiger partial charge >= 0.3 is 0 Å². The maximum absolute atomic E-state index is 12.8. The zero-order valence-corrected chi connectivity index (χ0v) is 15.6. The first-order chi connectivity index (χ1) is 13.1. The molecular formula is C21H25N3O3. The van der Waals surface area contributed by atoms with Gasteiger partial charge in [-0.15, -0.1) is 0 Å². The Morgan fingerprint density at radius 1 is 1.26 bits per heavy atom. The van der Waals surface area contributed by atoms with Crippen LogP contribution in [0.1, 0.15) is 34.5 Å². The van der Waals surface area contributed by atoms with Gasteiger partial charge in [-0.3, -0.25) is 4.79 Å². The van der Waals surface area contributed by atoms with E-state index in [1.165, 1.54) is 0 Å². The Labute approximate surface area is 159 Å². The Morgan fingerprint density at radius 2 is 2.04 bits per heavy atom. The number of carbonyl (C=O) groups excluding carboxylic acids is 1. The molecule has 1 spiro atoms. The van der Waals surface area contributed by atoms with Crippen LogP contribution in [0.3, 0.4) is 0 Å². The van der Waals surface area contributed by atoms with Crippen molar-refractivity contribution in [1.82, 2.24) is 9.88 Å². The minimum absolute atomic E-state index is 0.0532. The number of benzene rings is 1. The van der Waals surface area contributed by atoms with Gasteiger partial charge in [0.1, 0.15) is 5.75 Å². The highest BCUT2D eigenvalue weighted by Crippen LogP contribution is 2.40. The third kappa shape index (κ3) is 3.82. The van der Waals surface area contributed by atoms with Crippen LogP contribution in [0, 0.1) is 12.3 Å². The molecule has 0 radical (unpaired) electrons. The number of aryl methyl sites for hydroxylation is 1. The molecule has 0 atom stereocenters. The van der Waals surface area contributed by atoms with Crippen LogP contribution in [0.4, 0.5) is 0 Å². The molecule has 2 aliphatic rings. The van der Waals surface area contributed by atoms with Gasteiger partial charge < -0.3 is 20.1 Å². The first kappa shape index (κ1) is 17.9. The van der Waals surface area contributed by atoms with Crippen LogP contribution < -0.4 is 10.5 Å². The van der Waals surface area contributed by atoms with Crippen LogP contribution in [-0.2, 0) is 11.3 Å². The average Bonchev–Trinajstić information content (AvgIpc) is 2.66. The van der Waals surface area contributed by atoms with Crippen molar-refractivity contribution in [2.75, 3.05) is 26.3 Å². The van der Waals surface area contributed by atoms with Gasteiger partial charge in [-0.2, -0.15) is 0 Å². The summed E-state index contributed by atoms with van der Waals surface area (Å²) in [7, 11) is 0. The summed E-state index contributed by atoms with van der Waals surface area (Å²) in [6.07, 6.45) is 2.09. The lowest BCUT2D eigenvalue weighted by Gasteiger charge is -2.52. The second-order valence-electron chi connectivity index (χ2n) is 7.56. The fourth-order valence-corrected chi connectivity index (χ4v) is 3.90. The lowest BCUT2D eigenvalue weighted by Crippen LogP contribution is -2.60. The standard InChI is InChI=1S/C21H25N3O3/c1-15-9-16(12-22)10-19(23-15)27-18-4-2-3-17(11-18)20(25)24-13-21(14-24)5-7-26-8-6-21/h2-4,9-11H,5-8,12-14,22H2,1H3. The lowest BCUT2D eigenvalue weighted by molar-refractivity contribution is -0.0666. The summed E-state index contributed by atoms with van der Waals surface area (Å²) in [5, 5.41) is 0. The third-order valence-corrected chi connectivity index (χ3v) is 5.42. The van der Waals surface area contributed by atoms with Crippen molar-refractivity contribution in [2.24, 2.45) is 11.1 Å². The highest BCUT2D eigenvalue weighted by molar-refractivity contribution is 5.95. The zero-order valence-electron chi connectivity index (χ0n) is 15.6. The molecule has 3 heterocycles. The van der Waals surface area contributed by atoms with Crippen molar-refractivity contribution in [1.29, 1.82) is 0 Å². The van der Waals surface area contributed by atoms with E-state index < -0.39 is 0 Å². The third-order valence-electron chi connectivity index (χ3n) is 5.42. The van der Waals surface area contributed by atoms with Gasteiger partial charge in [0.2, 0.25) is 5.88 Å².